The fourth-order valence-corrected chi connectivity index (χ4v) is 5.09. The van der Waals surface area contributed by atoms with Gasteiger partial charge in [-0.05, 0) is 41.5 Å². The summed E-state index contributed by atoms with van der Waals surface area (Å²) in [5.41, 5.74) is 3.12. The molecular weight excluding hydrogens is 486 g/mol. The number of halogens is 1. The van der Waals surface area contributed by atoms with Crippen molar-refractivity contribution in [2.45, 2.75) is 11.4 Å². The highest BCUT2D eigenvalue weighted by atomic mass is 35.5. The average molecular weight is 506 g/mol. The van der Waals surface area contributed by atoms with Crippen LogP contribution in [0.25, 0.3) is 11.1 Å². The van der Waals surface area contributed by atoms with Crippen LogP contribution in [0.4, 0.5) is 11.4 Å². The number of fused-ring (bicyclic) bond motifs is 1. The van der Waals surface area contributed by atoms with Gasteiger partial charge in [0, 0.05) is 11.8 Å². The van der Waals surface area contributed by atoms with Crippen molar-refractivity contribution in [3.63, 3.8) is 0 Å². The zero-order valence-corrected chi connectivity index (χ0v) is 20.0. The van der Waals surface area contributed by atoms with Gasteiger partial charge in [-0.3, -0.25) is 9.52 Å². The second kappa shape index (κ2) is 9.40. The number of nitrogens with zero attached hydrogens (tertiary/aromatic N) is 2. The van der Waals surface area contributed by atoms with Gasteiger partial charge < -0.3 is 9.64 Å². The van der Waals surface area contributed by atoms with Crippen LogP contribution >= 0.6 is 11.6 Å². The Morgan fingerprint density at radius 1 is 0.943 bits per heavy atom. The number of amides is 1. The topological polar surface area (TPSA) is 88.6 Å². The number of benzene rings is 3. The molecule has 3 aromatic carbocycles. The Balaban J connectivity index is 1.49. The summed E-state index contributed by atoms with van der Waals surface area (Å²) in [6.45, 7) is 0.369. The van der Waals surface area contributed by atoms with E-state index in [9.17, 15) is 13.2 Å². The molecular formula is C26H20ClN3O4S. The molecule has 0 fully saturated rings. The lowest BCUT2D eigenvalue weighted by atomic mass is 10.0. The van der Waals surface area contributed by atoms with Crippen LogP contribution in [0.15, 0.2) is 96.0 Å². The van der Waals surface area contributed by atoms with Crippen LogP contribution < -0.4 is 14.4 Å². The monoisotopic (exact) mass is 505 g/mol. The summed E-state index contributed by atoms with van der Waals surface area (Å²) in [5, 5.41) is 0.0235. The summed E-state index contributed by atoms with van der Waals surface area (Å²) in [6, 6.07) is 24.8. The molecule has 0 saturated heterocycles. The van der Waals surface area contributed by atoms with Gasteiger partial charge in [-0.1, -0.05) is 66.2 Å². The van der Waals surface area contributed by atoms with Crippen molar-refractivity contribution >= 4 is 38.9 Å². The number of anilines is 2. The number of nitrogens with one attached hydrogen (secondary N) is 1. The van der Waals surface area contributed by atoms with Gasteiger partial charge in [0.15, 0.2) is 11.8 Å². The van der Waals surface area contributed by atoms with E-state index in [0.29, 0.717) is 23.5 Å². The number of carbonyl (C=O) groups is 1. The fourth-order valence-electron chi connectivity index (χ4n) is 3.80. The summed E-state index contributed by atoms with van der Waals surface area (Å²) in [5.74, 6) is 0.445. The molecule has 0 spiro atoms. The van der Waals surface area contributed by atoms with Gasteiger partial charge in [0.1, 0.15) is 5.75 Å². The summed E-state index contributed by atoms with van der Waals surface area (Å²) < 4.78 is 33.7. The van der Waals surface area contributed by atoms with Crippen LogP contribution in [0, 0.1) is 0 Å². The number of pyridine rings is 1. The van der Waals surface area contributed by atoms with E-state index >= 15 is 0 Å². The largest absolute Gasteiger partial charge is 0.482 e. The zero-order chi connectivity index (χ0) is 24.4. The van der Waals surface area contributed by atoms with Crippen LogP contribution in [0.3, 0.4) is 0 Å². The van der Waals surface area contributed by atoms with Crippen LogP contribution in [-0.2, 0) is 21.4 Å². The minimum absolute atomic E-state index is 0.0235. The van der Waals surface area contributed by atoms with Crippen molar-refractivity contribution in [1.82, 2.24) is 4.98 Å². The molecule has 0 bridgehead atoms. The Hall–Kier alpha value is -3.88. The highest BCUT2D eigenvalue weighted by molar-refractivity contribution is 7.92. The highest BCUT2D eigenvalue weighted by Gasteiger charge is 2.26. The van der Waals surface area contributed by atoms with E-state index in [1.54, 1.807) is 41.4 Å². The maximum absolute atomic E-state index is 12.8. The third kappa shape index (κ3) is 4.84. The van der Waals surface area contributed by atoms with Gasteiger partial charge in [0.2, 0.25) is 0 Å². The summed E-state index contributed by atoms with van der Waals surface area (Å²) in [4.78, 5) is 18.7. The molecule has 35 heavy (non-hydrogen) atoms. The Kier molecular flexibility index (Phi) is 6.15. The van der Waals surface area contributed by atoms with Crippen LogP contribution in [0.1, 0.15) is 5.56 Å². The summed E-state index contributed by atoms with van der Waals surface area (Å²) >= 11 is 6.21. The first kappa shape index (κ1) is 22.9. The minimum Gasteiger partial charge on any atom is -0.482 e. The highest BCUT2D eigenvalue weighted by Crippen LogP contribution is 2.38. The number of aromatic nitrogens is 1. The summed E-state index contributed by atoms with van der Waals surface area (Å²) in [7, 11) is -3.85. The van der Waals surface area contributed by atoms with E-state index < -0.39 is 10.0 Å². The smallest absolute Gasteiger partial charge is 0.265 e. The quantitative estimate of drug-likeness (QED) is 0.367. The van der Waals surface area contributed by atoms with Crippen molar-refractivity contribution in [1.29, 1.82) is 0 Å². The summed E-state index contributed by atoms with van der Waals surface area (Å²) in [6.07, 6.45) is 1.55. The standard InChI is InChI=1S/C26H20ClN3O4S/c27-26-22(29-35(32,33)21-9-5-2-6-10-21)13-20(15-28-26)19-11-12-24-23(14-19)30(25(31)17-34-24)16-18-7-3-1-4-8-18/h1-15,29H,16-17H2. The lowest BCUT2D eigenvalue weighted by Crippen LogP contribution is -2.38. The van der Waals surface area contributed by atoms with Crippen LogP contribution in [0.2, 0.25) is 5.15 Å². The number of ether oxygens (including phenoxy) is 1. The number of rotatable bonds is 6. The number of sulfonamides is 1. The van der Waals surface area contributed by atoms with Gasteiger partial charge >= 0.3 is 0 Å². The fraction of sp³-hybridized carbons (Fsp3) is 0.0769. The molecule has 0 unspecified atom stereocenters. The first-order valence-electron chi connectivity index (χ1n) is 10.8. The Morgan fingerprint density at radius 3 is 2.40 bits per heavy atom. The molecule has 1 N–H and O–H groups in total. The molecule has 2 heterocycles. The molecule has 1 aliphatic heterocycles. The Morgan fingerprint density at radius 2 is 1.66 bits per heavy atom. The predicted molar refractivity (Wildman–Crippen MR) is 135 cm³/mol. The number of hydrogen-bond donors (Lipinski definition) is 1. The molecule has 0 aliphatic carbocycles. The second-order valence-electron chi connectivity index (χ2n) is 7.92. The van der Waals surface area contributed by atoms with Crippen molar-refractivity contribution in [2.75, 3.05) is 16.2 Å². The average Bonchev–Trinajstić information content (AvgIpc) is 2.88. The van der Waals surface area contributed by atoms with Crippen molar-refractivity contribution in [3.05, 3.63) is 102 Å². The van der Waals surface area contributed by atoms with E-state index in [2.05, 4.69) is 9.71 Å². The number of carbonyl (C=O) groups excluding carboxylic acids is 1. The predicted octanol–water partition coefficient (Wildman–Crippen LogP) is 5.13. The van der Waals surface area contributed by atoms with E-state index in [-0.39, 0.29) is 28.3 Å². The maximum Gasteiger partial charge on any atom is 0.265 e. The molecule has 1 amide bonds. The van der Waals surface area contributed by atoms with Crippen LogP contribution in [0.5, 0.6) is 5.75 Å². The van der Waals surface area contributed by atoms with Crippen molar-refractivity contribution < 1.29 is 17.9 Å². The zero-order valence-electron chi connectivity index (χ0n) is 18.4. The molecule has 1 aliphatic rings. The Labute approximate surface area is 208 Å². The molecule has 4 aromatic rings. The van der Waals surface area contributed by atoms with Gasteiger partial charge in [-0.25, -0.2) is 13.4 Å². The molecule has 7 nitrogen and oxygen atoms in total. The third-order valence-electron chi connectivity index (χ3n) is 5.56. The molecule has 9 heteroatoms. The first-order valence-corrected chi connectivity index (χ1v) is 12.6. The minimum atomic E-state index is -3.85. The van der Waals surface area contributed by atoms with Gasteiger partial charge in [-0.2, -0.15) is 0 Å². The van der Waals surface area contributed by atoms with Gasteiger partial charge in [-0.15, -0.1) is 0 Å². The molecule has 0 saturated carbocycles. The SMILES string of the molecule is O=C1COc2ccc(-c3cnc(Cl)c(NS(=O)(=O)c4ccccc4)c3)cc2N1Cc1ccccc1. The number of hydrogen-bond acceptors (Lipinski definition) is 5. The van der Waals surface area contributed by atoms with Crippen molar-refractivity contribution in [3.8, 4) is 16.9 Å². The van der Waals surface area contributed by atoms with E-state index in [0.717, 1.165) is 11.1 Å². The molecule has 176 valence electrons. The lowest BCUT2D eigenvalue weighted by Gasteiger charge is -2.30. The van der Waals surface area contributed by atoms with Crippen molar-refractivity contribution in [2.24, 2.45) is 0 Å². The van der Waals surface area contributed by atoms with Crippen LogP contribution in [-0.4, -0.2) is 25.9 Å². The van der Waals surface area contributed by atoms with E-state index in [4.69, 9.17) is 16.3 Å². The first-order chi connectivity index (χ1) is 16.9. The van der Waals surface area contributed by atoms with Gasteiger partial charge in [0.25, 0.3) is 15.9 Å². The molecule has 0 atom stereocenters. The van der Waals surface area contributed by atoms with E-state index in [1.807, 2.05) is 42.5 Å². The maximum atomic E-state index is 12.8. The van der Waals surface area contributed by atoms with E-state index in [1.165, 1.54) is 12.1 Å². The van der Waals surface area contributed by atoms with Gasteiger partial charge in [0.05, 0.1) is 22.8 Å². The molecule has 1 aromatic heterocycles. The Bertz CT molecular complexity index is 1500. The lowest BCUT2D eigenvalue weighted by molar-refractivity contribution is -0.121. The normalized spacial score (nSPS) is 13.2. The molecule has 5 rings (SSSR count). The third-order valence-corrected chi connectivity index (χ3v) is 7.24. The molecule has 0 radical (unpaired) electrons. The second-order valence-corrected chi connectivity index (χ2v) is 9.96.